The third kappa shape index (κ3) is 6.45. The van der Waals surface area contributed by atoms with Crippen molar-refractivity contribution >= 4 is 47.0 Å². The number of nitrogens with one attached hydrogen (secondary N) is 2. The molecule has 0 bridgehead atoms. The fraction of sp³-hybridized carbons (Fsp3) is 0. The summed E-state index contributed by atoms with van der Waals surface area (Å²) in [7, 11) is 0. The Morgan fingerprint density at radius 1 is 0.970 bits per heavy atom. The highest BCUT2D eigenvalue weighted by Gasteiger charge is 2.21. The first-order valence-electron chi connectivity index (χ1n) is 9.29. The Morgan fingerprint density at radius 2 is 1.70 bits per heavy atom. The van der Waals surface area contributed by atoms with E-state index in [-0.39, 0.29) is 17.0 Å². The Kier molecular flexibility index (Phi) is 7.45. The molecule has 0 aliphatic heterocycles. The quantitative estimate of drug-likeness (QED) is 0.142. The smallest absolute Gasteiger partial charge is 0.350 e. The summed E-state index contributed by atoms with van der Waals surface area (Å²) in [5.74, 6) is -2.72. The van der Waals surface area contributed by atoms with Gasteiger partial charge < -0.3 is 10.1 Å². The number of benzene rings is 3. The van der Waals surface area contributed by atoms with Gasteiger partial charge >= 0.3 is 17.8 Å². The molecule has 0 saturated heterocycles. The van der Waals surface area contributed by atoms with Crippen LogP contribution in [0.2, 0.25) is 5.02 Å². The molecule has 166 valence electrons. The summed E-state index contributed by atoms with van der Waals surface area (Å²) < 4.78 is 5.21. The molecule has 0 aliphatic rings. The van der Waals surface area contributed by atoms with Gasteiger partial charge in [-0.25, -0.2) is 10.2 Å². The number of hydrogen-bond donors (Lipinski definition) is 2. The molecule has 0 unspecified atom stereocenters. The minimum atomic E-state index is -1.000. The number of carbonyl (C=O) groups is 3. The van der Waals surface area contributed by atoms with Crippen LogP contribution >= 0.6 is 11.6 Å². The number of esters is 1. The molecule has 11 heteroatoms. The zero-order valence-corrected chi connectivity index (χ0v) is 17.5. The van der Waals surface area contributed by atoms with Crippen molar-refractivity contribution in [3.8, 4) is 5.75 Å². The highest BCUT2D eigenvalue weighted by molar-refractivity contribution is 6.39. The van der Waals surface area contributed by atoms with E-state index in [0.29, 0.717) is 16.3 Å². The van der Waals surface area contributed by atoms with Crippen molar-refractivity contribution in [2.75, 3.05) is 5.32 Å². The van der Waals surface area contributed by atoms with Gasteiger partial charge in [-0.15, -0.1) is 0 Å². The molecular formula is C22H15ClN4O6. The van der Waals surface area contributed by atoms with Crippen LogP contribution in [-0.4, -0.2) is 28.9 Å². The maximum absolute atomic E-state index is 12.3. The van der Waals surface area contributed by atoms with E-state index in [2.05, 4.69) is 15.8 Å². The van der Waals surface area contributed by atoms with E-state index in [9.17, 15) is 24.5 Å². The second kappa shape index (κ2) is 10.6. The summed E-state index contributed by atoms with van der Waals surface area (Å²) in [5, 5.41) is 17.7. The Labute approximate surface area is 192 Å². The van der Waals surface area contributed by atoms with E-state index >= 15 is 0 Å². The Bertz CT molecular complexity index is 1240. The van der Waals surface area contributed by atoms with Crippen molar-refractivity contribution < 1.29 is 24.0 Å². The number of halogens is 1. The van der Waals surface area contributed by atoms with Crippen LogP contribution in [0.15, 0.2) is 77.9 Å². The van der Waals surface area contributed by atoms with Crippen molar-refractivity contribution in [1.82, 2.24) is 5.43 Å². The van der Waals surface area contributed by atoms with Gasteiger partial charge in [0, 0.05) is 16.8 Å². The van der Waals surface area contributed by atoms with Crippen LogP contribution in [0, 0.1) is 10.1 Å². The van der Waals surface area contributed by atoms with Gasteiger partial charge in [-0.05, 0) is 48.0 Å². The average Bonchev–Trinajstić information content (AvgIpc) is 2.80. The maximum atomic E-state index is 12.3. The van der Waals surface area contributed by atoms with Gasteiger partial charge in [0.05, 0.1) is 11.1 Å². The number of nitro groups is 1. The van der Waals surface area contributed by atoms with Crippen LogP contribution in [-0.2, 0) is 9.59 Å². The van der Waals surface area contributed by atoms with Gasteiger partial charge in [-0.1, -0.05) is 35.9 Å². The number of hydrogen-bond acceptors (Lipinski definition) is 7. The van der Waals surface area contributed by atoms with Gasteiger partial charge in [0.2, 0.25) is 0 Å². The molecular weight excluding hydrogens is 452 g/mol. The van der Waals surface area contributed by atoms with Crippen molar-refractivity contribution in [2.45, 2.75) is 0 Å². The zero-order chi connectivity index (χ0) is 23.8. The molecule has 0 spiro atoms. The summed E-state index contributed by atoms with van der Waals surface area (Å²) in [6.45, 7) is 0. The number of carbonyl (C=O) groups excluding carboxylic acids is 3. The number of nitrogens with zero attached hydrogens (tertiary/aromatic N) is 2. The average molecular weight is 467 g/mol. The second-order valence-electron chi connectivity index (χ2n) is 6.40. The third-order valence-electron chi connectivity index (χ3n) is 4.08. The summed E-state index contributed by atoms with van der Waals surface area (Å²) in [6, 6.07) is 17.7. The largest absolute Gasteiger partial charge is 0.423 e. The number of hydrazone groups is 1. The molecule has 0 atom stereocenters. The number of rotatable bonds is 6. The summed E-state index contributed by atoms with van der Waals surface area (Å²) in [4.78, 5) is 46.5. The molecule has 0 radical (unpaired) electrons. The lowest BCUT2D eigenvalue weighted by Crippen LogP contribution is -2.32. The van der Waals surface area contributed by atoms with Gasteiger partial charge in [-0.2, -0.15) is 5.10 Å². The lowest BCUT2D eigenvalue weighted by molar-refractivity contribution is -0.385. The molecule has 2 amide bonds. The standard InChI is InChI=1S/C22H15ClN4O6/c23-15-8-10-16(11-9-15)25-20(28)21(29)26-24-13-14-4-3-5-17(12-14)33-22(30)18-6-1-2-7-19(18)27(31)32/h1-13H,(H,25,28)(H,26,29). The van der Waals surface area contributed by atoms with E-state index < -0.39 is 22.7 Å². The van der Waals surface area contributed by atoms with E-state index in [1.54, 1.807) is 24.3 Å². The fourth-order valence-corrected chi connectivity index (χ4v) is 2.69. The van der Waals surface area contributed by atoms with E-state index in [4.69, 9.17) is 16.3 Å². The molecule has 0 fully saturated rings. The van der Waals surface area contributed by atoms with Crippen LogP contribution in [0.4, 0.5) is 11.4 Å². The van der Waals surface area contributed by atoms with E-state index in [1.807, 2.05) is 0 Å². The first kappa shape index (κ1) is 23.1. The lowest BCUT2D eigenvalue weighted by Gasteiger charge is -2.06. The lowest BCUT2D eigenvalue weighted by atomic mass is 10.2. The van der Waals surface area contributed by atoms with Crippen molar-refractivity contribution in [2.24, 2.45) is 5.10 Å². The minimum absolute atomic E-state index is 0.105. The molecule has 33 heavy (non-hydrogen) atoms. The number of anilines is 1. The van der Waals surface area contributed by atoms with Crippen LogP contribution in [0.5, 0.6) is 5.75 Å². The monoisotopic (exact) mass is 466 g/mol. The summed E-state index contributed by atoms with van der Waals surface area (Å²) in [6.07, 6.45) is 1.23. The van der Waals surface area contributed by atoms with Gasteiger partial charge in [0.1, 0.15) is 11.3 Å². The predicted molar refractivity (Wildman–Crippen MR) is 120 cm³/mol. The van der Waals surface area contributed by atoms with Gasteiger partial charge in [-0.3, -0.25) is 19.7 Å². The Balaban J connectivity index is 1.60. The molecule has 0 heterocycles. The number of amides is 2. The first-order chi connectivity index (χ1) is 15.8. The highest BCUT2D eigenvalue weighted by atomic mass is 35.5. The fourth-order valence-electron chi connectivity index (χ4n) is 2.56. The number of para-hydroxylation sites is 1. The molecule has 3 aromatic carbocycles. The SMILES string of the molecule is O=C(NN=Cc1cccc(OC(=O)c2ccccc2[N+](=O)[O-])c1)C(=O)Nc1ccc(Cl)cc1. The zero-order valence-electron chi connectivity index (χ0n) is 16.7. The molecule has 0 aromatic heterocycles. The molecule has 2 N–H and O–H groups in total. The molecule has 3 rings (SSSR count). The molecule has 3 aromatic rings. The molecule has 10 nitrogen and oxygen atoms in total. The third-order valence-corrected chi connectivity index (χ3v) is 4.33. The van der Waals surface area contributed by atoms with Crippen molar-refractivity contribution in [3.63, 3.8) is 0 Å². The van der Waals surface area contributed by atoms with E-state index in [1.165, 1.54) is 54.7 Å². The van der Waals surface area contributed by atoms with Crippen molar-refractivity contribution in [3.05, 3.63) is 99.1 Å². The van der Waals surface area contributed by atoms with Crippen LogP contribution in [0.3, 0.4) is 0 Å². The van der Waals surface area contributed by atoms with Gasteiger partial charge in [0.25, 0.3) is 5.69 Å². The van der Waals surface area contributed by atoms with E-state index in [0.717, 1.165) is 0 Å². The normalized spacial score (nSPS) is 10.5. The minimum Gasteiger partial charge on any atom is -0.423 e. The first-order valence-corrected chi connectivity index (χ1v) is 9.67. The van der Waals surface area contributed by atoms with Crippen LogP contribution in [0.25, 0.3) is 0 Å². The van der Waals surface area contributed by atoms with Crippen LogP contribution < -0.4 is 15.5 Å². The predicted octanol–water partition coefficient (Wildman–Crippen LogP) is 3.56. The Morgan fingerprint density at radius 3 is 2.42 bits per heavy atom. The maximum Gasteiger partial charge on any atom is 0.350 e. The van der Waals surface area contributed by atoms with Gasteiger partial charge in [0.15, 0.2) is 0 Å². The molecule has 0 aliphatic carbocycles. The van der Waals surface area contributed by atoms with Crippen LogP contribution in [0.1, 0.15) is 15.9 Å². The topological polar surface area (TPSA) is 140 Å². The second-order valence-corrected chi connectivity index (χ2v) is 6.83. The van der Waals surface area contributed by atoms with Crippen molar-refractivity contribution in [1.29, 1.82) is 0 Å². The summed E-state index contributed by atoms with van der Waals surface area (Å²) in [5.41, 5.74) is 2.33. The number of ether oxygens (including phenoxy) is 1. The highest BCUT2D eigenvalue weighted by Crippen LogP contribution is 2.21. The summed E-state index contributed by atoms with van der Waals surface area (Å²) >= 11 is 5.76. The Hall–Kier alpha value is -4.57. The number of nitro benzene ring substituents is 1. The molecule has 0 saturated carbocycles.